The van der Waals surface area contributed by atoms with Crippen molar-refractivity contribution in [1.29, 1.82) is 0 Å². The van der Waals surface area contributed by atoms with Crippen molar-refractivity contribution >= 4 is 11.7 Å². The van der Waals surface area contributed by atoms with Crippen LogP contribution in [-0.2, 0) is 16.1 Å². The summed E-state index contributed by atoms with van der Waals surface area (Å²) in [5.74, 6) is 1.06. The first kappa shape index (κ1) is 15.8. The molecule has 1 aliphatic heterocycles. The molecule has 2 rings (SSSR count). The maximum atomic E-state index is 11.8. The highest BCUT2D eigenvalue weighted by atomic mass is 16.5. The Kier molecular flexibility index (Phi) is 5.17. The van der Waals surface area contributed by atoms with E-state index in [0.29, 0.717) is 13.0 Å². The van der Waals surface area contributed by atoms with Gasteiger partial charge in [0, 0.05) is 32.3 Å². The van der Waals surface area contributed by atoms with Crippen molar-refractivity contribution in [2.24, 2.45) is 5.41 Å². The zero-order chi connectivity index (χ0) is 15.3. The summed E-state index contributed by atoms with van der Waals surface area (Å²) < 4.78 is 5.33. The van der Waals surface area contributed by atoms with Gasteiger partial charge in [-0.25, -0.2) is 4.98 Å². The van der Waals surface area contributed by atoms with Crippen LogP contribution in [0, 0.1) is 5.41 Å². The van der Waals surface area contributed by atoms with Crippen molar-refractivity contribution in [2.45, 2.75) is 33.7 Å². The molecule has 1 fully saturated rings. The van der Waals surface area contributed by atoms with E-state index in [2.05, 4.69) is 36.0 Å². The molecule has 1 N–H and O–H groups in total. The number of nitrogens with zero attached hydrogens (tertiary/aromatic N) is 2. The van der Waals surface area contributed by atoms with Gasteiger partial charge in [0.1, 0.15) is 5.82 Å². The Labute approximate surface area is 126 Å². The summed E-state index contributed by atoms with van der Waals surface area (Å²) in [5, 5.41) is 2.94. The average Bonchev–Trinajstić information content (AvgIpc) is 2.45. The lowest BCUT2D eigenvalue weighted by atomic mass is 9.92. The minimum Gasteiger partial charge on any atom is -0.378 e. The van der Waals surface area contributed by atoms with Gasteiger partial charge in [0.05, 0.1) is 13.2 Å². The number of aromatic nitrogens is 1. The molecule has 0 spiro atoms. The van der Waals surface area contributed by atoms with Crippen LogP contribution in [0.25, 0.3) is 0 Å². The number of carbonyl (C=O) groups is 1. The van der Waals surface area contributed by atoms with Crippen LogP contribution in [0.3, 0.4) is 0 Å². The molecular formula is C16H25N3O2. The molecule has 0 bridgehead atoms. The van der Waals surface area contributed by atoms with E-state index in [1.807, 2.05) is 18.3 Å². The molecule has 2 heterocycles. The predicted octanol–water partition coefficient (Wildman–Crippen LogP) is 1.97. The number of morpholine rings is 1. The zero-order valence-electron chi connectivity index (χ0n) is 13.2. The van der Waals surface area contributed by atoms with Gasteiger partial charge in [-0.2, -0.15) is 0 Å². The number of anilines is 1. The number of pyridine rings is 1. The fourth-order valence-corrected chi connectivity index (χ4v) is 2.25. The summed E-state index contributed by atoms with van der Waals surface area (Å²) in [4.78, 5) is 18.5. The number of nitrogens with one attached hydrogen (secondary N) is 1. The van der Waals surface area contributed by atoms with Crippen LogP contribution in [0.15, 0.2) is 18.3 Å². The van der Waals surface area contributed by atoms with Crippen LogP contribution in [0.5, 0.6) is 0 Å². The molecule has 0 radical (unpaired) electrons. The van der Waals surface area contributed by atoms with Crippen LogP contribution >= 0.6 is 0 Å². The van der Waals surface area contributed by atoms with Gasteiger partial charge in [-0.1, -0.05) is 26.8 Å². The number of hydrogen-bond donors (Lipinski definition) is 1. The fraction of sp³-hybridized carbons (Fsp3) is 0.625. The lowest BCUT2D eigenvalue weighted by Gasteiger charge is -2.27. The van der Waals surface area contributed by atoms with Crippen LogP contribution in [0.1, 0.15) is 32.8 Å². The summed E-state index contributed by atoms with van der Waals surface area (Å²) in [5.41, 5.74) is 1.04. The second kappa shape index (κ2) is 6.89. The minimum absolute atomic E-state index is 0.0164. The second-order valence-electron chi connectivity index (χ2n) is 6.64. The maximum absolute atomic E-state index is 11.8. The van der Waals surface area contributed by atoms with E-state index in [0.717, 1.165) is 37.7 Å². The second-order valence-corrected chi connectivity index (χ2v) is 6.64. The van der Waals surface area contributed by atoms with Gasteiger partial charge in [-0.15, -0.1) is 0 Å². The third-order valence-corrected chi connectivity index (χ3v) is 3.32. The molecule has 1 aromatic heterocycles. The monoisotopic (exact) mass is 291 g/mol. The number of carbonyl (C=O) groups excluding carboxylic acids is 1. The van der Waals surface area contributed by atoms with Gasteiger partial charge in [-0.05, 0) is 17.0 Å². The SMILES string of the molecule is CC(C)(C)CC(=O)NCc1ccc(N2CCOCC2)nc1. The minimum atomic E-state index is 0.0164. The molecule has 1 amide bonds. The number of rotatable bonds is 4. The van der Waals surface area contributed by atoms with E-state index in [-0.39, 0.29) is 11.3 Å². The summed E-state index contributed by atoms with van der Waals surface area (Å²) >= 11 is 0. The van der Waals surface area contributed by atoms with E-state index >= 15 is 0 Å². The standard InChI is InChI=1S/C16H25N3O2/c1-16(2,3)10-15(20)18-12-13-4-5-14(17-11-13)19-6-8-21-9-7-19/h4-5,11H,6-10,12H2,1-3H3,(H,18,20). The molecule has 116 valence electrons. The third-order valence-electron chi connectivity index (χ3n) is 3.32. The Morgan fingerprint density at radius 1 is 1.33 bits per heavy atom. The van der Waals surface area contributed by atoms with Crippen molar-refractivity contribution in [2.75, 3.05) is 31.2 Å². The van der Waals surface area contributed by atoms with E-state index in [9.17, 15) is 4.79 Å². The Morgan fingerprint density at radius 2 is 2.05 bits per heavy atom. The molecule has 0 aliphatic carbocycles. The van der Waals surface area contributed by atoms with Crippen LogP contribution in [0.2, 0.25) is 0 Å². The van der Waals surface area contributed by atoms with Gasteiger partial charge in [0.2, 0.25) is 5.91 Å². The molecule has 0 aromatic carbocycles. The zero-order valence-corrected chi connectivity index (χ0v) is 13.2. The highest BCUT2D eigenvalue weighted by Crippen LogP contribution is 2.18. The molecule has 1 aliphatic rings. The summed E-state index contributed by atoms with van der Waals surface area (Å²) in [6.45, 7) is 10.00. The first-order valence-electron chi connectivity index (χ1n) is 7.48. The highest BCUT2D eigenvalue weighted by Gasteiger charge is 2.16. The van der Waals surface area contributed by atoms with Gasteiger partial charge in [-0.3, -0.25) is 4.79 Å². The largest absolute Gasteiger partial charge is 0.378 e. The fourth-order valence-electron chi connectivity index (χ4n) is 2.25. The number of amides is 1. The predicted molar refractivity (Wildman–Crippen MR) is 83.2 cm³/mol. The topological polar surface area (TPSA) is 54.5 Å². The van der Waals surface area contributed by atoms with Gasteiger partial charge >= 0.3 is 0 Å². The Hall–Kier alpha value is -1.62. The van der Waals surface area contributed by atoms with Crippen molar-refractivity contribution in [3.63, 3.8) is 0 Å². The molecule has 0 unspecified atom stereocenters. The first-order valence-corrected chi connectivity index (χ1v) is 7.48. The van der Waals surface area contributed by atoms with Gasteiger partial charge < -0.3 is 15.0 Å². The van der Waals surface area contributed by atoms with Crippen LogP contribution in [-0.4, -0.2) is 37.2 Å². The number of hydrogen-bond acceptors (Lipinski definition) is 4. The third kappa shape index (κ3) is 5.34. The summed E-state index contributed by atoms with van der Waals surface area (Å²) in [6, 6.07) is 4.03. The summed E-state index contributed by atoms with van der Waals surface area (Å²) in [7, 11) is 0. The van der Waals surface area contributed by atoms with Crippen molar-refractivity contribution in [3.05, 3.63) is 23.9 Å². The quantitative estimate of drug-likeness (QED) is 0.921. The Balaban J connectivity index is 1.83. The molecule has 5 heteroatoms. The molecule has 0 saturated carbocycles. The number of ether oxygens (including phenoxy) is 1. The maximum Gasteiger partial charge on any atom is 0.220 e. The van der Waals surface area contributed by atoms with E-state index in [1.54, 1.807) is 0 Å². The molecule has 21 heavy (non-hydrogen) atoms. The average molecular weight is 291 g/mol. The Bertz CT molecular complexity index is 459. The molecular weight excluding hydrogens is 266 g/mol. The van der Waals surface area contributed by atoms with Crippen LogP contribution < -0.4 is 10.2 Å². The molecule has 0 atom stereocenters. The highest BCUT2D eigenvalue weighted by molar-refractivity contribution is 5.76. The normalized spacial score (nSPS) is 15.9. The van der Waals surface area contributed by atoms with E-state index in [1.165, 1.54) is 0 Å². The van der Waals surface area contributed by atoms with Crippen LogP contribution in [0.4, 0.5) is 5.82 Å². The Morgan fingerprint density at radius 3 is 2.62 bits per heavy atom. The van der Waals surface area contributed by atoms with E-state index in [4.69, 9.17) is 4.74 Å². The van der Waals surface area contributed by atoms with Crippen molar-refractivity contribution in [1.82, 2.24) is 10.3 Å². The van der Waals surface area contributed by atoms with Crippen molar-refractivity contribution in [3.8, 4) is 0 Å². The summed E-state index contributed by atoms with van der Waals surface area (Å²) in [6.07, 6.45) is 2.37. The first-order chi connectivity index (χ1) is 9.94. The van der Waals surface area contributed by atoms with E-state index < -0.39 is 0 Å². The van der Waals surface area contributed by atoms with Gasteiger partial charge in [0.15, 0.2) is 0 Å². The molecule has 1 saturated heterocycles. The molecule has 5 nitrogen and oxygen atoms in total. The smallest absolute Gasteiger partial charge is 0.220 e. The molecule has 1 aromatic rings. The van der Waals surface area contributed by atoms with Crippen molar-refractivity contribution < 1.29 is 9.53 Å². The lowest BCUT2D eigenvalue weighted by molar-refractivity contribution is -0.122. The van der Waals surface area contributed by atoms with Gasteiger partial charge in [0.25, 0.3) is 0 Å². The lowest BCUT2D eigenvalue weighted by Crippen LogP contribution is -2.36.